The first-order valence-corrected chi connectivity index (χ1v) is 12.8. The van der Waals surface area contributed by atoms with Crippen molar-refractivity contribution in [2.45, 2.75) is 4.90 Å². The van der Waals surface area contributed by atoms with Gasteiger partial charge in [0.05, 0.1) is 26.4 Å². The second kappa shape index (κ2) is 9.28. The summed E-state index contributed by atoms with van der Waals surface area (Å²) >= 11 is 1.59. The van der Waals surface area contributed by atoms with Crippen molar-refractivity contribution in [2.24, 2.45) is 0 Å². The molecule has 0 saturated heterocycles. The number of fused-ring (bicyclic) bond motifs is 1. The van der Waals surface area contributed by atoms with E-state index in [2.05, 4.69) is 15.0 Å². The van der Waals surface area contributed by atoms with E-state index < -0.39 is 21.7 Å². The maximum absolute atomic E-state index is 13.2. The van der Waals surface area contributed by atoms with E-state index >= 15 is 0 Å². The van der Waals surface area contributed by atoms with Crippen LogP contribution >= 0.6 is 11.3 Å². The minimum Gasteiger partial charge on any atom is -0.322 e. The van der Waals surface area contributed by atoms with Crippen LogP contribution in [-0.2, 0) is 10.0 Å². The van der Waals surface area contributed by atoms with Crippen LogP contribution in [0.25, 0.3) is 20.8 Å². The summed E-state index contributed by atoms with van der Waals surface area (Å²) in [7, 11) is -4.01. The third-order valence-corrected chi connectivity index (χ3v) is 7.69. The Labute approximate surface area is 205 Å². The number of nitrogens with zero attached hydrogens (tertiary/aromatic N) is 1. The van der Waals surface area contributed by atoms with Crippen LogP contribution in [-0.4, -0.2) is 19.3 Å². The lowest BCUT2D eigenvalue weighted by atomic mass is 10.1. The Morgan fingerprint density at radius 3 is 2.26 bits per heavy atom. The van der Waals surface area contributed by atoms with Gasteiger partial charge >= 0.3 is 0 Å². The van der Waals surface area contributed by atoms with Gasteiger partial charge in [-0.05, 0) is 72.8 Å². The molecule has 0 bridgehead atoms. The molecule has 9 heteroatoms. The standard InChI is InChI=1S/C26H18FN3O3S2/c27-18-11-15-20(16-12-18)35(32,33)30-22-6-2-1-5-21(22)25(31)28-19-13-9-17(10-14-19)26-29-23-7-3-4-8-24(23)34-26/h1-16,30H,(H,28,31). The zero-order valence-corrected chi connectivity index (χ0v) is 19.7. The number of anilines is 2. The minimum absolute atomic E-state index is 0.112. The predicted octanol–water partition coefficient (Wildman–Crippen LogP) is 6.16. The Morgan fingerprint density at radius 2 is 1.51 bits per heavy atom. The normalized spacial score (nSPS) is 11.3. The molecule has 0 radical (unpaired) electrons. The molecule has 1 heterocycles. The van der Waals surface area contributed by atoms with E-state index in [9.17, 15) is 17.6 Å². The molecule has 0 atom stereocenters. The average Bonchev–Trinajstić information content (AvgIpc) is 3.29. The second-order valence-electron chi connectivity index (χ2n) is 7.62. The van der Waals surface area contributed by atoms with Gasteiger partial charge < -0.3 is 5.32 Å². The molecule has 1 amide bonds. The molecular weight excluding hydrogens is 485 g/mol. The Kier molecular flexibility index (Phi) is 6.02. The van der Waals surface area contributed by atoms with Crippen molar-refractivity contribution in [3.8, 4) is 10.6 Å². The highest BCUT2D eigenvalue weighted by Crippen LogP contribution is 2.31. The summed E-state index contributed by atoms with van der Waals surface area (Å²) in [5.74, 6) is -1.02. The number of hydrogen-bond acceptors (Lipinski definition) is 5. The number of rotatable bonds is 6. The highest BCUT2D eigenvalue weighted by molar-refractivity contribution is 7.92. The summed E-state index contributed by atoms with van der Waals surface area (Å²) in [6.45, 7) is 0. The van der Waals surface area contributed by atoms with Gasteiger partial charge in [0.25, 0.3) is 15.9 Å². The van der Waals surface area contributed by atoms with Gasteiger partial charge in [-0.25, -0.2) is 17.8 Å². The highest BCUT2D eigenvalue weighted by atomic mass is 32.2. The van der Waals surface area contributed by atoms with Gasteiger partial charge in [0, 0.05) is 11.3 Å². The van der Waals surface area contributed by atoms with Gasteiger partial charge in [0.1, 0.15) is 10.8 Å². The quantitative estimate of drug-likeness (QED) is 0.291. The summed E-state index contributed by atoms with van der Waals surface area (Å²) in [5, 5.41) is 3.68. The number of aromatic nitrogens is 1. The molecule has 0 aliphatic heterocycles. The van der Waals surface area contributed by atoms with Crippen LogP contribution in [0.3, 0.4) is 0 Å². The maximum atomic E-state index is 13.2. The SMILES string of the molecule is O=C(Nc1ccc(-c2nc3ccccc3s2)cc1)c1ccccc1NS(=O)(=O)c1ccc(F)cc1. The number of halogens is 1. The highest BCUT2D eigenvalue weighted by Gasteiger charge is 2.19. The zero-order valence-electron chi connectivity index (χ0n) is 18.1. The van der Waals surface area contributed by atoms with Crippen LogP contribution in [0, 0.1) is 5.82 Å². The number of para-hydroxylation sites is 2. The lowest BCUT2D eigenvalue weighted by molar-refractivity contribution is 0.102. The number of benzene rings is 4. The van der Waals surface area contributed by atoms with Crippen molar-refractivity contribution in [2.75, 3.05) is 10.0 Å². The fraction of sp³-hybridized carbons (Fsp3) is 0. The van der Waals surface area contributed by atoms with Crippen molar-refractivity contribution in [1.29, 1.82) is 0 Å². The monoisotopic (exact) mass is 503 g/mol. The molecule has 4 aromatic carbocycles. The van der Waals surface area contributed by atoms with E-state index in [1.807, 2.05) is 36.4 Å². The van der Waals surface area contributed by atoms with Crippen LogP contribution in [0.4, 0.5) is 15.8 Å². The van der Waals surface area contributed by atoms with Gasteiger partial charge in [-0.15, -0.1) is 11.3 Å². The summed E-state index contributed by atoms with van der Waals surface area (Å²) in [6, 6.07) is 25.9. The molecule has 5 rings (SSSR count). The Hall–Kier alpha value is -4.08. The Bertz CT molecular complexity index is 1600. The molecule has 0 spiro atoms. The Balaban J connectivity index is 1.34. The smallest absolute Gasteiger partial charge is 0.261 e. The molecule has 0 fully saturated rings. The maximum Gasteiger partial charge on any atom is 0.261 e. The van der Waals surface area contributed by atoms with E-state index in [1.165, 1.54) is 12.1 Å². The van der Waals surface area contributed by atoms with E-state index in [-0.39, 0.29) is 16.1 Å². The van der Waals surface area contributed by atoms with E-state index in [0.717, 1.165) is 45.1 Å². The number of sulfonamides is 1. The molecule has 0 aliphatic carbocycles. The molecule has 0 unspecified atom stereocenters. The van der Waals surface area contributed by atoms with E-state index in [1.54, 1.807) is 35.6 Å². The van der Waals surface area contributed by atoms with Crippen molar-refractivity contribution in [1.82, 2.24) is 4.98 Å². The van der Waals surface area contributed by atoms with Gasteiger partial charge in [-0.3, -0.25) is 9.52 Å². The van der Waals surface area contributed by atoms with Crippen LogP contribution in [0.15, 0.2) is 102 Å². The van der Waals surface area contributed by atoms with Gasteiger partial charge in [-0.2, -0.15) is 0 Å². The summed E-state index contributed by atoms with van der Waals surface area (Å²) in [5.41, 5.74) is 2.67. The first-order valence-electron chi connectivity index (χ1n) is 10.5. The molecule has 6 nitrogen and oxygen atoms in total. The number of nitrogens with one attached hydrogen (secondary N) is 2. The fourth-order valence-electron chi connectivity index (χ4n) is 3.48. The lowest BCUT2D eigenvalue weighted by Gasteiger charge is -2.13. The number of thiazole rings is 1. The molecule has 0 saturated carbocycles. The number of amides is 1. The predicted molar refractivity (Wildman–Crippen MR) is 137 cm³/mol. The number of hydrogen-bond donors (Lipinski definition) is 2. The molecule has 5 aromatic rings. The van der Waals surface area contributed by atoms with Gasteiger partial charge in [0.2, 0.25) is 0 Å². The number of carbonyl (C=O) groups is 1. The van der Waals surface area contributed by atoms with Crippen LogP contribution < -0.4 is 10.0 Å². The largest absolute Gasteiger partial charge is 0.322 e. The lowest BCUT2D eigenvalue weighted by Crippen LogP contribution is -2.18. The Morgan fingerprint density at radius 1 is 0.829 bits per heavy atom. The molecule has 174 valence electrons. The molecule has 1 aromatic heterocycles. The minimum atomic E-state index is -4.01. The van der Waals surface area contributed by atoms with Crippen molar-refractivity contribution >= 4 is 48.9 Å². The van der Waals surface area contributed by atoms with E-state index in [4.69, 9.17) is 0 Å². The third kappa shape index (κ3) is 4.91. The molecule has 35 heavy (non-hydrogen) atoms. The molecule has 2 N–H and O–H groups in total. The second-order valence-corrected chi connectivity index (χ2v) is 10.3. The first kappa shape index (κ1) is 22.7. The van der Waals surface area contributed by atoms with Crippen molar-refractivity contribution in [3.63, 3.8) is 0 Å². The average molecular weight is 504 g/mol. The zero-order chi connectivity index (χ0) is 24.4. The van der Waals surface area contributed by atoms with Crippen LogP contribution in [0.1, 0.15) is 10.4 Å². The fourth-order valence-corrected chi connectivity index (χ4v) is 5.53. The van der Waals surface area contributed by atoms with Crippen LogP contribution in [0.5, 0.6) is 0 Å². The number of carbonyl (C=O) groups excluding carboxylic acids is 1. The summed E-state index contributed by atoms with van der Waals surface area (Å²) in [4.78, 5) is 17.5. The summed E-state index contributed by atoms with van der Waals surface area (Å²) < 4.78 is 42.1. The van der Waals surface area contributed by atoms with Crippen molar-refractivity contribution in [3.05, 3.63) is 108 Å². The van der Waals surface area contributed by atoms with E-state index in [0.29, 0.717) is 5.69 Å². The summed E-state index contributed by atoms with van der Waals surface area (Å²) in [6.07, 6.45) is 0. The molecule has 0 aliphatic rings. The molecular formula is C26H18FN3O3S2. The van der Waals surface area contributed by atoms with Crippen LogP contribution in [0.2, 0.25) is 0 Å². The van der Waals surface area contributed by atoms with Crippen molar-refractivity contribution < 1.29 is 17.6 Å². The first-order chi connectivity index (χ1) is 16.9. The topological polar surface area (TPSA) is 88.2 Å². The van der Waals surface area contributed by atoms with Gasteiger partial charge in [-0.1, -0.05) is 24.3 Å². The third-order valence-electron chi connectivity index (χ3n) is 5.22. The van der Waals surface area contributed by atoms with Gasteiger partial charge in [0.15, 0.2) is 0 Å².